The maximum atomic E-state index is 12.2. The van der Waals surface area contributed by atoms with E-state index in [-0.39, 0.29) is 12.2 Å². The third kappa shape index (κ3) is 6.44. The molecule has 2 amide bonds. The summed E-state index contributed by atoms with van der Waals surface area (Å²) in [5, 5.41) is 5.57. The molecule has 1 saturated heterocycles. The Morgan fingerprint density at radius 2 is 1.74 bits per heavy atom. The Hall–Kier alpha value is -4.14. The summed E-state index contributed by atoms with van der Waals surface area (Å²) >= 11 is 0. The molecule has 2 N–H and O–H groups in total. The summed E-state index contributed by atoms with van der Waals surface area (Å²) in [6.45, 7) is 7.27. The fraction of sp³-hybridized carbons (Fsp3) is 0.292. The van der Waals surface area contributed by atoms with Crippen LogP contribution in [-0.4, -0.2) is 53.4 Å². The SMILES string of the molecule is CCc1nc(-c2ccc(NC(=O)Nc3cccnc3)cc2)nc(N2CCOCC2)c1C.O=C=O. The van der Waals surface area contributed by atoms with E-state index >= 15 is 0 Å². The van der Waals surface area contributed by atoms with E-state index in [1.54, 1.807) is 24.5 Å². The second-order valence-electron chi connectivity index (χ2n) is 7.38. The summed E-state index contributed by atoms with van der Waals surface area (Å²) in [6, 6.07) is 10.8. The number of hydrogen-bond donors (Lipinski definition) is 2. The summed E-state index contributed by atoms with van der Waals surface area (Å²) < 4.78 is 5.49. The number of aromatic nitrogens is 3. The number of aryl methyl sites for hydroxylation is 1. The molecule has 1 aliphatic heterocycles. The van der Waals surface area contributed by atoms with Gasteiger partial charge in [-0.3, -0.25) is 4.98 Å². The Morgan fingerprint density at radius 1 is 1.06 bits per heavy atom. The van der Waals surface area contributed by atoms with Crippen molar-refractivity contribution in [1.82, 2.24) is 15.0 Å². The van der Waals surface area contributed by atoms with Crippen LogP contribution in [-0.2, 0) is 20.7 Å². The molecule has 0 radical (unpaired) electrons. The lowest BCUT2D eigenvalue weighted by atomic mass is 10.1. The standard InChI is InChI=1S/C23H26N6O2.CO2/c1-3-20-16(2)22(29-11-13-31-14-12-29)28-21(27-20)17-6-8-18(9-7-17)25-23(30)26-19-5-4-10-24-15-19;2-1-3/h4-10,15H,3,11-14H2,1-2H3,(H2,25,26,30);. The molecule has 176 valence electrons. The Balaban J connectivity index is 0.00000103. The number of ether oxygens (including phenoxy) is 1. The van der Waals surface area contributed by atoms with Crippen LogP contribution in [0.4, 0.5) is 22.0 Å². The molecule has 0 aliphatic carbocycles. The second-order valence-corrected chi connectivity index (χ2v) is 7.38. The first-order valence-corrected chi connectivity index (χ1v) is 10.8. The van der Waals surface area contributed by atoms with Crippen molar-refractivity contribution in [2.45, 2.75) is 20.3 Å². The highest BCUT2D eigenvalue weighted by molar-refractivity contribution is 5.99. The molecule has 10 nitrogen and oxygen atoms in total. The maximum absolute atomic E-state index is 12.2. The van der Waals surface area contributed by atoms with Crippen LogP contribution in [0.1, 0.15) is 18.2 Å². The highest BCUT2D eigenvalue weighted by Gasteiger charge is 2.19. The lowest BCUT2D eigenvalue weighted by molar-refractivity contribution is -0.191. The predicted molar refractivity (Wildman–Crippen MR) is 127 cm³/mol. The zero-order valence-electron chi connectivity index (χ0n) is 19.1. The number of carbonyl (C=O) groups is 1. The van der Waals surface area contributed by atoms with Gasteiger partial charge in [-0.25, -0.2) is 14.8 Å². The number of hydrogen-bond acceptors (Lipinski definition) is 8. The Bertz CT molecular complexity index is 1130. The second kappa shape index (κ2) is 12.2. The third-order valence-corrected chi connectivity index (χ3v) is 5.19. The third-order valence-electron chi connectivity index (χ3n) is 5.19. The molecular formula is C24H26N6O4. The van der Waals surface area contributed by atoms with E-state index in [2.05, 4.69) is 34.4 Å². The van der Waals surface area contributed by atoms with Crippen molar-refractivity contribution < 1.29 is 19.1 Å². The Labute approximate surface area is 197 Å². The van der Waals surface area contributed by atoms with E-state index < -0.39 is 0 Å². The molecular weight excluding hydrogens is 436 g/mol. The fourth-order valence-electron chi connectivity index (χ4n) is 3.54. The van der Waals surface area contributed by atoms with Gasteiger partial charge < -0.3 is 20.3 Å². The van der Waals surface area contributed by atoms with Gasteiger partial charge in [0, 0.05) is 41.8 Å². The Morgan fingerprint density at radius 3 is 2.35 bits per heavy atom. The zero-order valence-corrected chi connectivity index (χ0v) is 19.1. The first-order chi connectivity index (χ1) is 16.5. The summed E-state index contributed by atoms with van der Waals surface area (Å²) in [4.78, 5) is 44.3. The molecule has 34 heavy (non-hydrogen) atoms. The van der Waals surface area contributed by atoms with Crippen LogP contribution in [0.15, 0.2) is 48.8 Å². The number of morpholine rings is 1. The van der Waals surface area contributed by atoms with Gasteiger partial charge in [-0.15, -0.1) is 0 Å². The quantitative estimate of drug-likeness (QED) is 0.591. The van der Waals surface area contributed by atoms with Crippen LogP contribution >= 0.6 is 0 Å². The molecule has 0 atom stereocenters. The van der Waals surface area contributed by atoms with Crippen molar-refractivity contribution in [1.29, 1.82) is 0 Å². The minimum atomic E-state index is -0.324. The van der Waals surface area contributed by atoms with Gasteiger partial charge in [0.1, 0.15) is 5.82 Å². The van der Waals surface area contributed by atoms with Crippen molar-refractivity contribution >= 4 is 29.4 Å². The molecule has 0 bridgehead atoms. The molecule has 3 aromatic rings. The van der Waals surface area contributed by atoms with Crippen LogP contribution in [0.25, 0.3) is 11.4 Å². The number of carbonyl (C=O) groups excluding carboxylic acids is 3. The zero-order chi connectivity index (χ0) is 24.3. The molecule has 10 heteroatoms. The maximum Gasteiger partial charge on any atom is 0.373 e. The van der Waals surface area contributed by atoms with Crippen molar-refractivity contribution in [3.63, 3.8) is 0 Å². The summed E-state index contributed by atoms with van der Waals surface area (Å²) in [6.07, 6.45) is 4.34. The molecule has 1 fully saturated rings. The number of nitrogens with one attached hydrogen (secondary N) is 2. The lowest BCUT2D eigenvalue weighted by Gasteiger charge is -2.29. The van der Waals surface area contributed by atoms with Gasteiger partial charge in [0.25, 0.3) is 0 Å². The minimum absolute atomic E-state index is 0.250. The monoisotopic (exact) mass is 462 g/mol. The smallest absolute Gasteiger partial charge is 0.373 e. The number of amides is 2. The molecule has 0 unspecified atom stereocenters. The highest BCUT2D eigenvalue weighted by atomic mass is 16.5. The number of benzene rings is 1. The number of nitrogens with zero attached hydrogens (tertiary/aromatic N) is 4. The first-order valence-electron chi connectivity index (χ1n) is 10.8. The van der Waals surface area contributed by atoms with Gasteiger partial charge in [-0.2, -0.15) is 9.59 Å². The van der Waals surface area contributed by atoms with Gasteiger partial charge in [-0.05, 0) is 49.7 Å². The normalized spacial score (nSPS) is 12.7. The lowest BCUT2D eigenvalue weighted by Crippen LogP contribution is -2.37. The van der Waals surface area contributed by atoms with Gasteiger partial charge in [0.2, 0.25) is 0 Å². The van der Waals surface area contributed by atoms with Gasteiger partial charge >= 0.3 is 12.2 Å². The van der Waals surface area contributed by atoms with Crippen molar-refractivity contribution in [3.8, 4) is 11.4 Å². The van der Waals surface area contributed by atoms with Crippen LogP contribution in [0.5, 0.6) is 0 Å². The summed E-state index contributed by atoms with van der Waals surface area (Å²) in [5.41, 5.74) is 4.39. The van der Waals surface area contributed by atoms with Gasteiger partial charge in [0.15, 0.2) is 5.82 Å². The molecule has 3 heterocycles. The van der Waals surface area contributed by atoms with E-state index in [1.807, 2.05) is 24.3 Å². The molecule has 1 aromatic carbocycles. The molecule has 2 aromatic heterocycles. The van der Waals surface area contributed by atoms with Crippen molar-refractivity contribution in [2.75, 3.05) is 41.8 Å². The van der Waals surface area contributed by atoms with Gasteiger partial charge in [0.05, 0.1) is 25.1 Å². The first kappa shape index (κ1) is 24.5. The van der Waals surface area contributed by atoms with E-state index in [1.165, 1.54) is 0 Å². The molecule has 1 aliphatic rings. The van der Waals surface area contributed by atoms with E-state index in [9.17, 15) is 4.79 Å². The number of urea groups is 1. The topological polar surface area (TPSA) is 126 Å². The van der Waals surface area contributed by atoms with Crippen molar-refractivity contribution in [3.05, 3.63) is 60.0 Å². The summed E-state index contributed by atoms with van der Waals surface area (Å²) in [5.74, 6) is 1.67. The molecule has 0 spiro atoms. The van der Waals surface area contributed by atoms with Crippen LogP contribution in [0, 0.1) is 6.92 Å². The van der Waals surface area contributed by atoms with E-state index in [0.29, 0.717) is 30.4 Å². The van der Waals surface area contributed by atoms with E-state index in [4.69, 9.17) is 24.3 Å². The van der Waals surface area contributed by atoms with E-state index in [0.717, 1.165) is 42.1 Å². The number of pyridine rings is 1. The largest absolute Gasteiger partial charge is 0.378 e. The predicted octanol–water partition coefficient (Wildman–Crippen LogP) is 3.31. The van der Waals surface area contributed by atoms with Gasteiger partial charge in [-0.1, -0.05) is 6.92 Å². The molecule has 0 saturated carbocycles. The average molecular weight is 463 g/mol. The van der Waals surface area contributed by atoms with Crippen LogP contribution in [0.3, 0.4) is 0 Å². The highest BCUT2D eigenvalue weighted by Crippen LogP contribution is 2.26. The average Bonchev–Trinajstić information content (AvgIpc) is 2.86. The van der Waals surface area contributed by atoms with Crippen LogP contribution in [0.2, 0.25) is 0 Å². The Kier molecular flexibility index (Phi) is 8.79. The van der Waals surface area contributed by atoms with Crippen LogP contribution < -0.4 is 15.5 Å². The number of anilines is 3. The number of rotatable bonds is 5. The molecule has 4 rings (SSSR count). The fourth-order valence-corrected chi connectivity index (χ4v) is 3.54. The minimum Gasteiger partial charge on any atom is -0.378 e. The van der Waals surface area contributed by atoms with Crippen molar-refractivity contribution in [2.24, 2.45) is 0 Å². The summed E-state index contributed by atoms with van der Waals surface area (Å²) in [7, 11) is 0.